The largest absolute Gasteiger partial charge is 0.497 e. The maximum Gasteiger partial charge on any atom is 0.308 e. The first-order chi connectivity index (χ1) is 18.6. The van der Waals surface area contributed by atoms with Gasteiger partial charge in [-0.3, -0.25) is 18.7 Å². The number of ether oxygens (including phenoxy) is 2. The smallest absolute Gasteiger partial charge is 0.308 e. The number of thiazole rings is 1. The lowest BCUT2D eigenvalue weighted by molar-refractivity contribution is -0.113. The van der Waals surface area contributed by atoms with E-state index in [0.29, 0.717) is 29.0 Å². The number of aromatic nitrogens is 4. The van der Waals surface area contributed by atoms with E-state index in [0.717, 1.165) is 21.7 Å². The summed E-state index contributed by atoms with van der Waals surface area (Å²) < 4.78 is 15.2. The summed E-state index contributed by atoms with van der Waals surface area (Å²) >= 11 is 2.47. The standard InChI is InChI=1S/C27H25N5O4S2/c1-3-36-21-12-8-18(9-13-21)28-25(33)17-37-26-30-29-24(32(26)19-10-14-20(35-2)15-11-19)16-31-22-6-4-5-7-23(22)38-27(31)34/h4-15H,3,16-17H2,1-2H3,(H,28,33). The van der Waals surface area contributed by atoms with Gasteiger partial charge in [0.15, 0.2) is 11.0 Å². The summed E-state index contributed by atoms with van der Waals surface area (Å²) in [6.45, 7) is 2.74. The Morgan fingerprint density at radius 2 is 1.74 bits per heavy atom. The summed E-state index contributed by atoms with van der Waals surface area (Å²) in [6.07, 6.45) is 0. The van der Waals surface area contributed by atoms with Crippen LogP contribution in [0.25, 0.3) is 15.9 Å². The molecule has 5 rings (SSSR count). The van der Waals surface area contributed by atoms with Crippen LogP contribution in [-0.4, -0.2) is 44.7 Å². The van der Waals surface area contributed by atoms with Crippen LogP contribution in [0.5, 0.6) is 11.5 Å². The minimum Gasteiger partial charge on any atom is -0.497 e. The van der Waals surface area contributed by atoms with Crippen LogP contribution in [0.4, 0.5) is 5.69 Å². The van der Waals surface area contributed by atoms with Gasteiger partial charge in [-0.15, -0.1) is 10.2 Å². The van der Waals surface area contributed by atoms with E-state index in [2.05, 4.69) is 15.5 Å². The predicted octanol–water partition coefficient (Wildman–Crippen LogP) is 4.83. The molecule has 2 heterocycles. The maximum atomic E-state index is 12.8. The third-order valence-corrected chi connectivity index (χ3v) is 7.57. The van der Waals surface area contributed by atoms with Crippen molar-refractivity contribution in [1.29, 1.82) is 0 Å². The molecule has 38 heavy (non-hydrogen) atoms. The maximum absolute atomic E-state index is 12.8. The van der Waals surface area contributed by atoms with E-state index >= 15 is 0 Å². The summed E-state index contributed by atoms with van der Waals surface area (Å²) in [5.74, 6) is 1.99. The molecule has 0 atom stereocenters. The van der Waals surface area contributed by atoms with E-state index in [-0.39, 0.29) is 23.1 Å². The van der Waals surface area contributed by atoms with Crippen LogP contribution in [-0.2, 0) is 11.3 Å². The molecule has 0 saturated carbocycles. The van der Waals surface area contributed by atoms with Crippen molar-refractivity contribution in [3.05, 3.63) is 88.3 Å². The Hall–Kier alpha value is -4.09. The summed E-state index contributed by atoms with van der Waals surface area (Å²) in [4.78, 5) is 25.4. The van der Waals surface area contributed by atoms with Crippen LogP contribution < -0.4 is 19.7 Å². The first-order valence-electron chi connectivity index (χ1n) is 11.9. The predicted molar refractivity (Wildman–Crippen MR) is 150 cm³/mol. The van der Waals surface area contributed by atoms with Gasteiger partial charge in [0.1, 0.15) is 11.5 Å². The van der Waals surface area contributed by atoms with Crippen molar-refractivity contribution in [3.8, 4) is 17.2 Å². The van der Waals surface area contributed by atoms with Gasteiger partial charge in [-0.2, -0.15) is 0 Å². The second kappa shape index (κ2) is 11.5. The first kappa shape index (κ1) is 25.6. The monoisotopic (exact) mass is 547 g/mol. The van der Waals surface area contributed by atoms with E-state index in [4.69, 9.17) is 9.47 Å². The molecule has 0 fully saturated rings. The normalized spacial score (nSPS) is 11.0. The molecule has 0 aliphatic rings. The minimum atomic E-state index is -0.176. The average molecular weight is 548 g/mol. The van der Waals surface area contributed by atoms with Gasteiger partial charge >= 0.3 is 4.87 Å². The third kappa shape index (κ3) is 5.58. The Bertz CT molecular complexity index is 1610. The van der Waals surface area contributed by atoms with Gasteiger partial charge in [-0.1, -0.05) is 35.2 Å². The Kier molecular flexibility index (Phi) is 7.75. The molecule has 194 valence electrons. The van der Waals surface area contributed by atoms with Gasteiger partial charge in [0.2, 0.25) is 5.91 Å². The zero-order valence-electron chi connectivity index (χ0n) is 20.8. The number of carbonyl (C=O) groups excluding carboxylic acids is 1. The lowest BCUT2D eigenvalue weighted by Crippen LogP contribution is -2.17. The number of methoxy groups -OCH3 is 1. The van der Waals surface area contributed by atoms with Crippen molar-refractivity contribution < 1.29 is 14.3 Å². The van der Waals surface area contributed by atoms with Gasteiger partial charge in [-0.05, 0) is 67.6 Å². The molecule has 11 heteroatoms. The van der Waals surface area contributed by atoms with Crippen molar-refractivity contribution in [1.82, 2.24) is 19.3 Å². The Morgan fingerprint density at radius 3 is 2.47 bits per heavy atom. The highest BCUT2D eigenvalue weighted by Gasteiger charge is 2.18. The highest BCUT2D eigenvalue weighted by atomic mass is 32.2. The van der Waals surface area contributed by atoms with Gasteiger partial charge in [0.25, 0.3) is 0 Å². The van der Waals surface area contributed by atoms with Crippen molar-refractivity contribution in [2.24, 2.45) is 0 Å². The van der Waals surface area contributed by atoms with Crippen LogP contribution in [0, 0.1) is 0 Å². The molecular formula is C27H25N5O4S2. The first-order valence-corrected chi connectivity index (χ1v) is 13.7. The molecule has 0 unspecified atom stereocenters. The fourth-order valence-corrected chi connectivity index (χ4v) is 5.58. The van der Waals surface area contributed by atoms with Crippen LogP contribution in [0.2, 0.25) is 0 Å². The number of rotatable bonds is 10. The third-order valence-electron chi connectivity index (χ3n) is 5.69. The van der Waals surface area contributed by atoms with Gasteiger partial charge in [-0.25, -0.2) is 0 Å². The van der Waals surface area contributed by atoms with Gasteiger partial charge < -0.3 is 14.8 Å². The summed E-state index contributed by atoms with van der Waals surface area (Å²) in [7, 11) is 1.61. The number of fused-ring (bicyclic) bond motifs is 1. The van der Waals surface area contributed by atoms with Crippen molar-refractivity contribution in [2.75, 3.05) is 24.8 Å². The number of para-hydroxylation sites is 1. The molecule has 2 aromatic heterocycles. The Morgan fingerprint density at radius 1 is 1.00 bits per heavy atom. The van der Waals surface area contributed by atoms with Crippen molar-refractivity contribution in [3.63, 3.8) is 0 Å². The number of hydrogen-bond acceptors (Lipinski definition) is 8. The summed E-state index contributed by atoms with van der Waals surface area (Å²) in [5.41, 5.74) is 2.32. The molecule has 3 aromatic carbocycles. The zero-order valence-corrected chi connectivity index (χ0v) is 22.4. The van der Waals surface area contributed by atoms with Gasteiger partial charge in [0, 0.05) is 11.4 Å². The number of hydrogen-bond donors (Lipinski definition) is 1. The lowest BCUT2D eigenvalue weighted by Gasteiger charge is -2.12. The number of nitrogens with one attached hydrogen (secondary N) is 1. The molecule has 9 nitrogen and oxygen atoms in total. The van der Waals surface area contributed by atoms with E-state index in [1.54, 1.807) is 23.8 Å². The molecular weight excluding hydrogens is 522 g/mol. The molecule has 0 saturated heterocycles. The molecule has 0 aliphatic heterocycles. The average Bonchev–Trinajstić information content (AvgIpc) is 3.49. The topological polar surface area (TPSA) is 100 Å². The van der Waals surface area contributed by atoms with Crippen LogP contribution >= 0.6 is 23.1 Å². The zero-order chi connectivity index (χ0) is 26.5. The molecule has 0 spiro atoms. The SMILES string of the molecule is CCOc1ccc(NC(=O)CSc2nnc(Cn3c(=O)sc4ccccc43)n2-c2ccc(OC)cc2)cc1. The number of carbonyl (C=O) groups is 1. The molecule has 1 N–H and O–H groups in total. The summed E-state index contributed by atoms with van der Waals surface area (Å²) in [6, 6.07) is 22.4. The lowest BCUT2D eigenvalue weighted by atomic mass is 10.3. The highest BCUT2D eigenvalue weighted by molar-refractivity contribution is 7.99. The quantitative estimate of drug-likeness (QED) is 0.250. The van der Waals surface area contributed by atoms with E-state index in [1.807, 2.05) is 72.2 Å². The molecule has 0 radical (unpaired) electrons. The number of nitrogens with zero attached hydrogens (tertiary/aromatic N) is 4. The second-order valence-electron chi connectivity index (χ2n) is 8.15. The molecule has 5 aromatic rings. The van der Waals surface area contributed by atoms with Crippen LogP contribution in [0.1, 0.15) is 12.7 Å². The highest BCUT2D eigenvalue weighted by Crippen LogP contribution is 2.26. The number of amides is 1. The number of benzene rings is 3. The molecule has 1 amide bonds. The van der Waals surface area contributed by atoms with E-state index < -0.39 is 0 Å². The Balaban J connectivity index is 1.39. The second-order valence-corrected chi connectivity index (χ2v) is 10.1. The van der Waals surface area contributed by atoms with Crippen molar-refractivity contribution >= 4 is 44.9 Å². The number of anilines is 1. The number of thioether (sulfide) groups is 1. The fraction of sp³-hybridized carbons (Fsp3) is 0.185. The van der Waals surface area contributed by atoms with E-state index in [1.165, 1.54) is 23.1 Å². The Labute approximate surface area is 227 Å². The fourth-order valence-electron chi connectivity index (χ4n) is 3.92. The van der Waals surface area contributed by atoms with E-state index in [9.17, 15) is 9.59 Å². The minimum absolute atomic E-state index is 0.0700. The van der Waals surface area contributed by atoms with Crippen LogP contribution in [0.15, 0.2) is 82.7 Å². The van der Waals surface area contributed by atoms with Gasteiger partial charge in [0.05, 0.1) is 36.2 Å². The van der Waals surface area contributed by atoms with Crippen molar-refractivity contribution in [2.45, 2.75) is 18.6 Å². The summed E-state index contributed by atoms with van der Waals surface area (Å²) in [5, 5.41) is 12.2. The molecule has 0 aliphatic carbocycles. The van der Waals surface area contributed by atoms with Crippen LogP contribution in [0.3, 0.4) is 0 Å². The molecule has 0 bridgehead atoms.